The van der Waals surface area contributed by atoms with Gasteiger partial charge in [0.1, 0.15) is 5.15 Å². The van der Waals surface area contributed by atoms with Crippen molar-refractivity contribution in [3.63, 3.8) is 0 Å². The summed E-state index contributed by atoms with van der Waals surface area (Å²) in [4.78, 5) is 45.6. The van der Waals surface area contributed by atoms with Gasteiger partial charge in [0.05, 0.1) is 105 Å². The van der Waals surface area contributed by atoms with E-state index < -0.39 is 38.8 Å². The van der Waals surface area contributed by atoms with Crippen molar-refractivity contribution in [1.29, 1.82) is 0 Å². The normalized spacial score (nSPS) is 12.8. The summed E-state index contributed by atoms with van der Waals surface area (Å²) in [5.41, 5.74) is 7.55. The fourth-order valence-electron chi connectivity index (χ4n) is 15.7. The Kier molecular flexibility index (Phi) is 36.2. The Morgan fingerprint density at radius 2 is 0.604 bits per heavy atom. The van der Waals surface area contributed by atoms with Crippen LogP contribution in [0.5, 0.6) is 23.3 Å². The first-order valence-electron chi connectivity index (χ1n) is 45.0. The Bertz CT molecular complexity index is 6020. The second-order valence-corrected chi connectivity index (χ2v) is 42.1. The van der Waals surface area contributed by atoms with Crippen LogP contribution in [0.15, 0.2) is 425 Å². The number of fused-ring (bicyclic) bond motifs is 2. The largest absolute Gasteiger partial charge is 0.496 e. The number of H-pyrrole nitrogens is 2. The van der Waals surface area contributed by atoms with Gasteiger partial charge in [0, 0.05) is 56.2 Å². The number of pyridine rings is 4. The molecule has 25 heteroatoms. The van der Waals surface area contributed by atoms with Crippen molar-refractivity contribution in [3.8, 4) is 34.5 Å². The van der Waals surface area contributed by atoms with E-state index >= 15 is 0 Å². The molecule has 3 aliphatic rings. The van der Waals surface area contributed by atoms with Gasteiger partial charge in [-0.2, -0.15) is 10.2 Å². The van der Waals surface area contributed by atoms with E-state index in [2.05, 4.69) is 399 Å². The molecular weight excluding hydrogens is 1910 g/mol. The van der Waals surface area contributed by atoms with Crippen LogP contribution in [0.1, 0.15) is 70.9 Å². The van der Waals surface area contributed by atoms with E-state index in [1.807, 2.05) is 59.7 Å². The number of nitrogens with one attached hydrogen (secondary N) is 2. The standard InChI is InChI=1S/C18H17N5O3.4C18H15P.C13H20BNO4.C11H9ClN4O.Pd/c1-10-4-13(11-5-15(25-2)17(26-3)19-6-11)22-14-9-23(18(24)16(10)14)12-7-20-21-8-12;4*1-4-10-16(11-5-1)19(17-12-6-2-7-13-17)18-14-8-3-9-15-18;1-12(2)13(3,4)19-14(18-12)9-7-10(16-5)11(17-6)15-8-9;1-6-2-9(12)15-8-5-16(11(17)10(6)8)7-3-13-14-4-7;/h4-8H,9H2,1-3H3,(H,20,21);4*1-15H;7-8H,1-6H3;2-4H,5H2,1H3,(H,13,14);. The van der Waals surface area contributed by atoms with Crippen LogP contribution < -0.4 is 97.9 Å². The number of nitrogens with zero attached hydrogens (tertiary/aromatic N) is 8. The van der Waals surface area contributed by atoms with Gasteiger partial charge in [-0.15, -0.1) is 0 Å². The van der Waals surface area contributed by atoms with Gasteiger partial charge in [0.25, 0.3) is 23.6 Å². The first-order valence-corrected chi connectivity index (χ1v) is 50.7. The molecule has 0 spiro atoms. The molecule has 18 aromatic rings. The zero-order valence-electron chi connectivity index (χ0n) is 78.7. The molecule has 1 saturated heterocycles. The van der Waals surface area contributed by atoms with Crippen molar-refractivity contribution >= 4 is 143 Å². The molecule has 1 fully saturated rings. The summed E-state index contributed by atoms with van der Waals surface area (Å²) in [7, 11) is 4.00. The topological polar surface area (TPSA) is 205 Å². The molecular formula is C114H106BClN10O8P4Pd. The van der Waals surface area contributed by atoms with Gasteiger partial charge in [0.2, 0.25) is 0 Å². The van der Waals surface area contributed by atoms with Gasteiger partial charge in [-0.05, 0) is 172 Å². The number of carbonyl (C=O) groups excluding carboxylic acids is 2. The molecule has 21 rings (SSSR count). The zero-order valence-corrected chi connectivity index (χ0v) is 84.6. The molecule has 2 N–H and O–H groups in total. The first-order chi connectivity index (χ1) is 67.4. The number of anilines is 2. The van der Waals surface area contributed by atoms with E-state index in [-0.39, 0.29) is 43.4 Å². The Balaban J connectivity index is 0.000000130. The van der Waals surface area contributed by atoms with Gasteiger partial charge < -0.3 is 28.3 Å². The number of methoxy groups -OCH3 is 4. The SMILES string of the molecule is COc1cc(-c2cc(C)c3c(n2)CN(c2cn[nH]c2)C3=O)cnc1OC.COc1cc(B2OC(C)(C)C(C)(C)O2)cnc1OC.Cc1cc(Cl)nc2c1C(=O)N(c1cn[nH]c1)C2.[Pd].c1ccc(P(c2ccccc2)c2ccccc2)cc1.c1ccc(P(c2ccccc2)c2ccccc2)cc1.c1ccc(P(c2ccccc2)c2ccccc2)cc1.c1ccc(P(c2ccccc2)c2ccccc2)cc1. The van der Waals surface area contributed by atoms with Crippen LogP contribution >= 0.6 is 43.3 Å². The van der Waals surface area contributed by atoms with Crippen LogP contribution in [0, 0.1) is 13.8 Å². The van der Waals surface area contributed by atoms with Crippen LogP contribution in [0.25, 0.3) is 11.3 Å². The molecule has 0 radical (unpaired) electrons. The molecule has 18 nitrogen and oxygen atoms in total. The maximum absolute atomic E-state index is 12.7. The number of benzene rings is 12. The number of amides is 2. The maximum Gasteiger partial charge on any atom is 0.496 e. The van der Waals surface area contributed by atoms with Crippen molar-refractivity contribution in [2.45, 2.75) is 65.8 Å². The molecule has 2 amide bonds. The molecule has 139 heavy (non-hydrogen) atoms. The van der Waals surface area contributed by atoms with Gasteiger partial charge >= 0.3 is 7.12 Å². The molecule has 3 aliphatic heterocycles. The second-order valence-electron chi connectivity index (χ2n) is 32.8. The van der Waals surface area contributed by atoms with Crippen LogP contribution in [0.2, 0.25) is 5.15 Å². The monoisotopic (exact) mass is 2020 g/mol. The fourth-order valence-corrected chi connectivity index (χ4v) is 25.2. The van der Waals surface area contributed by atoms with E-state index in [9.17, 15) is 9.59 Å². The summed E-state index contributed by atoms with van der Waals surface area (Å²) in [6, 6.07) is 137. The van der Waals surface area contributed by atoms with Crippen molar-refractivity contribution in [1.82, 2.24) is 40.3 Å². The minimum Gasteiger partial charge on any atom is -0.491 e. The molecule has 0 saturated carbocycles. The molecule has 0 unspecified atom stereocenters. The number of carbonyl (C=O) groups is 2. The first kappa shape index (κ1) is 101. The van der Waals surface area contributed by atoms with E-state index in [4.69, 9.17) is 44.8 Å². The smallest absolute Gasteiger partial charge is 0.491 e. The number of ether oxygens (including phenoxy) is 4. The number of aromatic amines is 2. The Morgan fingerprint density at radius 3 is 0.863 bits per heavy atom. The average Bonchev–Trinajstić information content (AvgIpc) is 1.62. The minimum absolute atomic E-state index is 0. The summed E-state index contributed by atoms with van der Waals surface area (Å²) in [5.74, 6) is 1.83. The quantitative estimate of drug-likeness (QED) is 0.0414. The van der Waals surface area contributed by atoms with Crippen molar-refractivity contribution < 1.29 is 58.3 Å². The molecule has 6 aromatic heterocycles. The van der Waals surface area contributed by atoms with Gasteiger partial charge in [0.15, 0.2) is 11.5 Å². The van der Waals surface area contributed by atoms with Crippen LogP contribution in [-0.4, -0.2) is 98.9 Å². The van der Waals surface area contributed by atoms with E-state index in [1.165, 1.54) is 63.7 Å². The Hall–Kier alpha value is -13.5. The maximum atomic E-state index is 12.7. The number of halogens is 1. The van der Waals surface area contributed by atoms with E-state index in [1.54, 1.807) is 81.5 Å². The summed E-state index contributed by atoms with van der Waals surface area (Å²) in [6.45, 7) is 12.7. The van der Waals surface area contributed by atoms with Crippen molar-refractivity contribution in [2.24, 2.45) is 0 Å². The van der Waals surface area contributed by atoms with Crippen molar-refractivity contribution in [3.05, 3.63) is 464 Å². The molecule has 12 aromatic carbocycles. The predicted octanol–water partition coefficient (Wildman–Crippen LogP) is 19.5. The summed E-state index contributed by atoms with van der Waals surface area (Å²) in [6.07, 6.45) is 9.97. The number of aryl methyl sites for hydroxylation is 2. The van der Waals surface area contributed by atoms with Gasteiger partial charge in [-0.3, -0.25) is 34.6 Å². The zero-order chi connectivity index (χ0) is 96.2. The molecule has 9 heterocycles. The van der Waals surface area contributed by atoms with Crippen molar-refractivity contribution in [2.75, 3.05) is 38.2 Å². The number of hydrogen-bond donors (Lipinski definition) is 2. The van der Waals surface area contributed by atoms with Gasteiger partial charge in [-0.25, -0.2) is 15.0 Å². The predicted molar refractivity (Wildman–Crippen MR) is 571 cm³/mol. The van der Waals surface area contributed by atoms with Crippen LogP contribution in [0.3, 0.4) is 0 Å². The fraction of sp³-hybridized carbons (Fsp3) is 0.123. The number of rotatable bonds is 20. The Labute approximate surface area is 837 Å². The second kappa shape index (κ2) is 49.7. The van der Waals surface area contributed by atoms with Gasteiger partial charge in [-0.1, -0.05) is 376 Å². The average molecular weight is 2020 g/mol. The summed E-state index contributed by atoms with van der Waals surface area (Å²) < 4.78 is 32.8. The molecule has 0 atom stereocenters. The third-order valence-corrected chi connectivity index (χ3v) is 33.1. The molecule has 0 bridgehead atoms. The molecule has 700 valence electrons. The third kappa shape index (κ3) is 25.7. The summed E-state index contributed by atoms with van der Waals surface area (Å²) >= 11 is 5.89. The van der Waals surface area contributed by atoms with E-state index in [0.29, 0.717) is 52.6 Å². The number of hydrogen-bond acceptors (Lipinski definition) is 14. The third-order valence-electron chi connectivity index (χ3n) is 23.2. The van der Waals surface area contributed by atoms with Crippen LogP contribution in [-0.2, 0) is 42.8 Å². The summed E-state index contributed by atoms with van der Waals surface area (Å²) in [5, 5.41) is 30.4. The minimum atomic E-state index is -0.447. The van der Waals surface area contributed by atoms with Crippen LogP contribution in [0.4, 0.5) is 11.4 Å². The molecule has 0 aliphatic carbocycles. The van der Waals surface area contributed by atoms with E-state index in [0.717, 1.165) is 50.6 Å². The Morgan fingerprint density at radius 1 is 0.345 bits per heavy atom. The number of aromatic nitrogens is 8.